The molecule has 3 aromatic heterocycles. The summed E-state index contributed by atoms with van der Waals surface area (Å²) in [6, 6.07) is 6.09. The van der Waals surface area contributed by atoms with Gasteiger partial charge in [0.05, 0.1) is 11.9 Å². The first kappa shape index (κ1) is 20.0. The zero-order chi connectivity index (χ0) is 21.0. The van der Waals surface area contributed by atoms with E-state index in [1.165, 1.54) is 6.20 Å². The lowest BCUT2D eigenvalue weighted by Gasteiger charge is -2.16. The minimum atomic E-state index is -0.666. The quantitative estimate of drug-likeness (QED) is 0.621. The molecular formula is C20H22N6O3. The van der Waals surface area contributed by atoms with E-state index < -0.39 is 11.4 Å². The molecule has 3 heterocycles. The Bertz CT molecular complexity index is 1020. The molecule has 3 N–H and O–H groups in total. The molecule has 9 nitrogen and oxygen atoms in total. The summed E-state index contributed by atoms with van der Waals surface area (Å²) in [4.78, 5) is 39.5. The number of pyridine rings is 2. The molecule has 150 valence electrons. The number of anilines is 1. The molecule has 0 atom stereocenters. The summed E-state index contributed by atoms with van der Waals surface area (Å²) < 4.78 is 5.79. The third-order valence-electron chi connectivity index (χ3n) is 3.82. The standard InChI is InChI=1S/C20H22N6O3/c1-12-22-11-16(24-12)15-9-13(7-8-21-15)29-14-5-6-17(23-10-14)25-19(28)26-18(27)20(2,3)4/h5-11H,1-4H3,(H,22,24)(H2,23,25,26,27,28). The molecule has 3 aromatic rings. The van der Waals surface area contributed by atoms with Gasteiger partial charge in [-0.3, -0.25) is 20.4 Å². The van der Waals surface area contributed by atoms with Crippen molar-refractivity contribution >= 4 is 17.8 Å². The highest BCUT2D eigenvalue weighted by Crippen LogP contribution is 2.25. The third kappa shape index (κ3) is 5.38. The fourth-order valence-corrected chi connectivity index (χ4v) is 2.25. The SMILES string of the molecule is Cc1nc(-c2cc(Oc3ccc(NC(=O)NC(=O)C(C)(C)C)nc3)ccn2)c[nH]1. The second-order valence-electron chi connectivity index (χ2n) is 7.39. The summed E-state index contributed by atoms with van der Waals surface area (Å²) in [5.41, 5.74) is 0.736. The normalized spacial score (nSPS) is 11.0. The van der Waals surface area contributed by atoms with Gasteiger partial charge in [0.15, 0.2) is 0 Å². The van der Waals surface area contributed by atoms with Crippen LogP contribution in [0.3, 0.4) is 0 Å². The Morgan fingerprint density at radius 1 is 1.07 bits per heavy atom. The highest BCUT2D eigenvalue weighted by Gasteiger charge is 2.23. The zero-order valence-corrected chi connectivity index (χ0v) is 16.6. The molecular weight excluding hydrogens is 372 g/mol. The lowest BCUT2D eigenvalue weighted by molar-refractivity contribution is -0.127. The van der Waals surface area contributed by atoms with Crippen LogP contribution in [0.25, 0.3) is 11.4 Å². The number of urea groups is 1. The summed E-state index contributed by atoms with van der Waals surface area (Å²) >= 11 is 0. The van der Waals surface area contributed by atoms with E-state index in [4.69, 9.17) is 4.74 Å². The number of imidazole rings is 1. The van der Waals surface area contributed by atoms with Crippen LogP contribution in [0.1, 0.15) is 26.6 Å². The number of hydrogen-bond acceptors (Lipinski definition) is 6. The molecule has 29 heavy (non-hydrogen) atoms. The summed E-state index contributed by atoms with van der Waals surface area (Å²) in [7, 11) is 0. The average Bonchev–Trinajstić information content (AvgIpc) is 3.09. The number of ether oxygens (including phenoxy) is 1. The van der Waals surface area contributed by atoms with Crippen molar-refractivity contribution in [3.05, 3.63) is 48.7 Å². The number of H-pyrrole nitrogens is 1. The number of imide groups is 1. The zero-order valence-electron chi connectivity index (χ0n) is 16.6. The number of aromatic nitrogens is 4. The van der Waals surface area contributed by atoms with Gasteiger partial charge in [0.1, 0.15) is 28.8 Å². The predicted molar refractivity (Wildman–Crippen MR) is 107 cm³/mol. The van der Waals surface area contributed by atoms with Crippen molar-refractivity contribution in [1.82, 2.24) is 25.3 Å². The molecule has 3 rings (SSSR count). The molecule has 0 aromatic carbocycles. The first-order chi connectivity index (χ1) is 13.7. The third-order valence-corrected chi connectivity index (χ3v) is 3.82. The van der Waals surface area contributed by atoms with E-state index in [0.29, 0.717) is 23.0 Å². The minimum absolute atomic E-state index is 0.291. The van der Waals surface area contributed by atoms with Crippen molar-refractivity contribution in [1.29, 1.82) is 0 Å². The monoisotopic (exact) mass is 394 g/mol. The molecule has 3 amide bonds. The van der Waals surface area contributed by atoms with Gasteiger partial charge in [-0.15, -0.1) is 0 Å². The highest BCUT2D eigenvalue weighted by atomic mass is 16.5. The Balaban J connectivity index is 1.62. The Labute approximate surface area is 168 Å². The van der Waals surface area contributed by atoms with Gasteiger partial charge >= 0.3 is 6.03 Å². The maximum absolute atomic E-state index is 11.9. The average molecular weight is 394 g/mol. The van der Waals surface area contributed by atoms with E-state index in [1.807, 2.05) is 6.92 Å². The van der Waals surface area contributed by atoms with Crippen molar-refractivity contribution in [2.45, 2.75) is 27.7 Å². The lowest BCUT2D eigenvalue weighted by Crippen LogP contribution is -2.41. The van der Waals surface area contributed by atoms with Crippen molar-refractivity contribution in [2.75, 3.05) is 5.32 Å². The smallest absolute Gasteiger partial charge is 0.327 e. The molecule has 9 heteroatoms. The van der Waals surface area contributed by atoms with Crippen molar-refractivity contribution < 1.29 is 14.3 Å². The van der Waals surface area contributed by atoms with Crippen molar-refractivity contribution in [3.8, 4) is 22.9 Å². The lowest BCUT2D eigenvalue weighted by atomic mass is 9.96. The van der Waals surface area contributed by atoms with Gasteiger partial charge in [-0.1, -0.05) is 20.8 Å². The number of amides is 3. The van der Waals surface area contributed by atoms with Crippen LogP contribution in [0, 0.1) is 12.3 Å². The number of nitrogens with zero attached hydrogens (tertiary/aromatic N) is 3. The second kappa shape index (κ2) is 8.09. The molecule has 0 aliphatic carbocycles. The Hall–Kier alpha value is -3.75. The number of hydrogen-bond donors (Lipinski definition) is 3. The molecule has 0 unspecified atom stereocenters. The van der Waals surface area contributed by atoms with Crippen LogP contribution < -0.4 is 15.4 Å². The molecule has 0 bridgehead atoms. The predicted octanol–water partition coefficient (Wildman–Crippen LogP) is 3.66. The fourth-order valence-electron chi connectivity index (χ4n) is 2.25. The van der Waals surface area contributed by atoms with Crippen molar-refractivity contribution in [3.63, 3.8) is 0 Å². The van der Waals surface area contributed by atoms with Crippen LogP contribution in [0.2, 0.25) is 0 Å². The van der Waals surface area contributed by atoms with E-state index in [2.05, 4.69) is 30.6 Å². The maximum atomic E-state index is 11.9. The van der Waals surface area contributed by atoms with E-state index in [0.717, 1.165) is 11.5 Å². The fraction of sp³-hybridized carbons (Fsp3) is 0.250. The molecule has 0 aliphatic heterocycles. The van der Waals surface area contributed by atoms with Gasteiger partial charge in [-0.2, -0.15) is 0 Å². The molecule has 0 aliphatic rings. The van der Waals surface area contributed by atoms with Crippen molar-refractivity contribution in [2.24, 2.45) is 5.41 Å². The summed E-state index contributed by atoms with van der Waals surface area (Å²) in [5, 5.41) is 4.78. The Morgan fingerprint density at radius 3 is 2.48 bits per heavy atom. The van der Waals surface area contributed by atoms with Gasteiger partial charge in [0.25, 0.3) is 0 Å². The largest absolute Gasteiger partial charge is 0.456 e. The minimum Gasteiger partial charge on any atom is -0.456 e. The summed E-state index contributed by atoms with van der Waals surface area (Å²) in [5.74, 6) is 1.77. The van der Waals surface area contributed by atoms with Gasteiger partial charge < -0.3 is 9.72 Å². The molecule has 0 spiro atoms. The maximum Gasteiger partial charge on any atom is 0.327 e. The number of carbonyl (C=O) groups excluding carboxylic acids is 2. The van der Waals surface area contributed by atoms with Gasteiger partial charge in [-0.25, -0.2) is 14.8 Å². The van der Waals surface area contributed by atoms with Crippen LogP contribution >= 0.6 is 0 Å². The van der Waals surface area contributed by atoms with E-state index >= 15 is 0 Å². The number of rotatable bonds is 4. The highest BCUT2D eigenvalue weighted by molar-refractivity contribution is 6.02. The summed E-state index contributed by atoms with van der Waals surface area (Å²) in [6.45, 7) is 7.03. The van der Waals surface area contributed by atoms with Gasteiger partial charge in [0, 0.05) is 23.9 Å². The summed E-state index contributed by atoms with van der Waals surface area (Å²) in [6.07, 6.45) is 4.88. The van der Waals surface area contributed by atoms with Crippen LogP contribution in [0.5, 0.6) is 11.5 Å². The first-order valence-corrected chi connectivity index (χ1v) is 8.95. The number of carbonyl (C=O) groups is 2. The first-order valence-electron chi connectivity index (χ1n) is 8.95. The molecule has 0 fully saturated rings. The van der Waals surface area contributed by atoms with Crippen LogP contribution in [0.15, 0.2) is 42.9 Å². The van der Waals surface area contributed by atoms with Gasteiger partial charge in [-0.05, 0) is 25.1 Å². The van der Waals surface area contributed by atoms with Crippen LogP contribution in [0.4, 0.5) is 10.6 Å². The Kier molecular flexibility index (Phi) is 5.58. The van der Waals surface area contributed by atoms with Crippen LogP contribution in [-0.4, -0.2) is 31.9 Å². The van der Waals surface area contributed by atoms with E-state index in [1.54, 1.807) is 57.4 Å². The topological polar surface area (TPSA) is 122 Å². The Morgan fingerprint density at radius 2 is 1.86 bits per heavy atom. The van der Waals surface area contributed by atoms with E-state index in [-0.39, 0.29) is 5.91 Å². The van der Waals surface area contributed by atoms with Gasteiger partial charge in [0.2, 0.25) is 5.91 Å². The van der Waals surface area contributed by atoms with Crippen LogP contribution in [-0.2, 0) is 4.79 Å². The number of aryl methyl sites for hydroxylation is 1. The molecule has 0 saturated heterocycles. The number of aromatic amines is 1. The molecule has 0 saturated carbocycles. The molecule has 0 radical (unpaired) electrons. The number of nitrogens with one attached hydrogen (secondary N) is 3. The second-order valence-corrected chi connectivity index (χ2v) is 7.39. The van der Waals surface area contributed by atoms with E-state index in [9.17, 15) is 9.59 Å².